The molecule has 7 heteroatoms. The van der Waals surface area contributed by atoms with E-state index in [4.69, 9.17) is 4.74 Å². The van der Waals surface area contributed by atoms with Crippen LogP contribution in [0, 0.1) is 11.3 Å². The van der Waals surface area contributed by atoms with Crippen molar-refractivity contribution < 1.29 is 14.3 Å². The molecule has 0 spiro atoms. The van der Waals surface area contributed by atoms with Gasteiger partial charge in [0, 0.05) is 0 Å². The van der Waals surface area contributed by atoms with Crippen LogP contribution < -0.4 is 14.5 Å². The van der Waals surface area contributed by atoms with Crippen molar-refractivity contribution in [1.29, 1.82) is 5.26 Å². The fourth-order valence-corrected chi connectivity index (χ4v) is 7.16. The monoisotopic (exact) mass is 615 g/mol. The molecule has 42 heavy (non-hydrogen) atoms. The SMILES string of the molecule is COc1ccc(N2C(=O)C(C#N)=C(C)/C(=C\c3ccc(N(c4ccccc4)c4cccc5ccccc45)[se]3)C2=O)cc1. The summed E-state index contributed by atoms with van der Waals surface area (Å²) in [4.78, 5) is 30.3. The van der Waals surface area contributed by atoms with Crippen molar-refractivity contribution in [1.82, 2.24) is 0 Å². The van der Waals surface area contributed by atoms with Gasteiger partial charge in [-0.2, -0.15) is 0 Å². The molecule has 0 bridgehead atoms. The Morgan fingerprint density at radius 2 is 1.55 bits per heavy atom. The van der Waals surface area contributed by atoms with Crippen molar-refractivity contribution in [2.45, 2.75) is 6.92 Å². The second-order valence-corrected chi connectivity index (χ2v) is 12.0. The number of hydrogen-bond acceptors (Lipinski definition) is 5. The number of carbonyl (C=O) groups is 2. The minimum absolute atomic E-state index is 0.0439. The van der Waals surface area contributed by atoms with Crippen LogP contribution in [0.25, 0.3) is 16.8 Å². The number of para-hydroxylation sites is 1. The molecule has 0 saturated carbocycles. The van der Waals surface area contributed by atoms with Gasteiger partial charge >= 0.3 is 250 Å². The van der Waals surface area contributed by atoms with E-state index in [2.05, 4.69) is 53.4 Å². The summed E-state index contributed by atoms with van der Waals surface area (Å²) in [5.41, 5.74) is 3.17. The van der Waals surface area contributed by atoms with E-state index in [0.29, 0.717) is 22.6 Å². The third-order valence-corrected chi connectivity index (χ3v) is 9.35. The molecule has 2 heterocycles. The number of nitrogens with zero attached hydrogens (tertiary/aromatic N) is 3. The Bertz CT molecular complexity index is 1930. The van der Waals surface area contributed by atoms with Crippen molar-refractivity contribution >= 4 is 64.8 Å². The summed E-state index contributed by atoms with van der Waals surface area (Å²) >= 11 is -0.167. The van der Waals surface area contributed by atoms with Crippen LogP contribution in [-0.4, -0.2) is 33.4 Å². The molecule has 0 fully saturated rings. The number of benzene rings is 4. The summed E-state index contributed by atoms with van der Waals surface area (Å²) in [5, 5.41) is 12.1. The first-order valence-corrected chi connectivity index (χ1v) is 15.0. The number of carbonyl (C=O) groups excluding carboxylic acids is 2. The van der Waals surface area contributed by atoms with E-state index in [0.717, 1.165) is 36.0 Å². The zero-order valence-corrected chi connectivity index (χ0v) is 24.7. The second-order valence-electron chi connectivity index (χ2n) is 9.66. The molecular formula is C35H25N3O3Se. The molecule has 0 atom stereocenters. The molecule has 4 aromatic carbocycles. The first-order chi connectivity index (χ1) is 20.5. The van der Waals surface area contributed by atoms with Gasteiger partial charge in [-0.3, -0.25) is 0 Å². The molecule has 6 nitrogen and oxygen atoms in total. The van der Waals surface area contributed by atoms with E-state index in [1.165, 1.54) is 0 Å². The predicted octanol–water partition coefficient (Wildman–Crippen LogP) is 7.17. The van der Waals surface area contributed by atoms with Crippen LogP contribution in [0.1, 0.15) is 11.4 Å². The fourth-order valence-electron chi connectivity index (χ4n) is 5.10. The maximum absolute atomic E-state index is 13.8. The number of amides is 2. The van der Waals surface area contributed by atoms with E-state index >= 15 is 0 Å². The topological polar surface area (TPSA) is 73.6 Å². The standard InChI is InChI=1S/C35H25N3O3Se/c1-23-30(34(39)38(35(40)31(23)22-36)26-15-17-27(41-2)18-16-26)21-28-19-20-33(42-28)37(25-11-4-3-5-12-25)32-14-8-10-24-9-6-7-13-29(24)32/h3-21H,1-2H3/b30-21+. The van der Waals surface area contributed by atoms with E-state index < -0.39 is 11.8 Å². The first kappa shape index (κ1) is 27.0. The Morgan fingerprint density at radius 1 is 0.833 bits per heavy atom. The molecule has 2 amide bonds. The summed E-state index contributed by atoms with van der Waals surface area (Å²) in [5.74, 6) is -0.482. The number of imide groups is 1. The molecule has 0 radical (unpaired) electrons. The molecule has 0 saturated heterocycles. The summed E-state index contributed by atoms with van der Waals surface area (Å²) in [6.07, 6.45) is 1.83. The normalized spacial score (nSPS) is 14.4. The van der Waals surface area contributed by atoms with Crippen molar-refractivity contribution in [2.75, 3.05) is 16.9 Å². The minimum atomic E-state index is -0.627. The number of ether oxygens (including phenoxy) is 1. The third-order valence-electron chi connectivity index (χ3n) is 7.21. The Hall–Kier alpha value is -5.15. The number of rotatable bonds is 6. The summed E-state index contributed by atoms with van der Waals surface area (Å²) in [6, 6.07) is 37.6. The van der Waals surface area contributed by atoms with Crippen LogP contribution in [0.3, 0.4) is 0 Å². The van der Waals surface area contributed by atoms with Crippen molar-refractivity contribution in [2.24, 2.45) is 0 Å². The average molecular weight is 615 g/mol. The van der Waals surface area contributed by atoms with E-state index in [1.54, 1.807) is 38.3 Å². The van der Waals surface area contributed by atoms with Gasteiger partial charge in [0.2, 0.25) is 0 Å². The van der Waals surface area contributed by atoms with Crippen molar-refractivity contribution in [3.63, 3.8) is 0 Å². The van der Waals surface area contributed by atoms with Gasteiger partial charge in [0.25, 0.3) is 0 Å². The molecule has 0 aliphatic carbocycles. The van der Waals surface area contributed by atoms with Crippen LogP contribution in [0.15, 0.2) is 126 Å². The summed E-state index contributed by atoms with van der Waals surface area (Å²) in [7, 11) is 1.55. The second kappa shape index (κ2) is 11.4. The summed E-state index contributed by atoms with van der Waals surface area (Å²) < 4.78 is 7.28. The number of methoxy groups -OCH3 is 1. The van der Waals surface area contributed by atoms with Crippen LogP contribution in [0.5, 0.6) is 5.75 Å². The van der Waals surface area contributed by atoms with Gasteiger partial charge in [-0.05, 0) is 0 Å². The molecule has 1 aliphatic rings. The number of fused-ring (bicyclic) bond motifs is 1. The van der Waals surface area contributed by atoms with Gasteiger partial charge < -0.3 is 0 Å². The van der Waals surface area contributed by atoms with E-state index in [1.807, 2.05) is 48.5 Å². The van der Waals surface area contributed by atoms with Crippen LogP contribution >= 0.6 is 0 Å². The summed E-state index contributed by atoms with van der Waals surface area (Å²) in [6.45, 7) is 1.66. The van der Waals surface area contributed by atoms with Gasteiger partial charge in [0.1, 0.15) is 0 Å². The molecule has 204 valence electrons. The zero-order valence-electron chi connectivity index (χ0n) is 22.9. The first-order valence-electron chi connectivity index (χ1n) is 13.3. The van der Waals surface area contributed by atoms with Crippen molar-refractivity contribution in [3.8, 4) is 11.8 Å². The number of nitriles is 1. The van der Waals surface area contributed by atoms with Crippen LogP contribution in [0.2, 0.25) is 0 Å². The average Bonchev–Trinajstić information content (AvgIpc) is 3.49. The molecule has 5 aromatic rings. The Morgan fingerprint density at radius 3 is 2.29 bits per heavy atom. The van der Waals surface area contributed by atoms with Crippen molar-refractivity contribution in [3.05, 3.63) is 130 Å². The molecule has 6 rings (SSSR count). The Labute approximate surface area is 249 Å². The van der Waals surface area contributed by atoms with Crippen LogP contribution in [-0.2, 0) is 9.59 Å². The van der Waals surface area contributed by atoms with Crippen LogP contribution in [0.4, 0.5) is 21.6 Å². The van der Waals surface area contributed by atoms with E-state index in [-0.39, 0.29) is 20.1 Å². The number of hydrogen-bond donors (Lipinski definition) is 0. The Balaban J connectivity index is 1.44. The maximum atomic E-state index is 13.8. The molecule has 1 aromatic heterocycles. The van der Waals surface area contributed by atoms with Gasteiger partial charge in [0.05, 0.1) is 0 Å². The van der Waals surface area contributed by atoms with Gasteiger partial charge in [0.15, 0.2) is 0 Å². The predicted molar refractivity (Wildman–Crippen MR) is 167 cm³/mol. The molecule has 1 aliphatic heterocycles. The molecule has 0 N–H and O–H groups in total. The number of anilines is 4. The van der Waals surface area contributed by atoms with Gasteiger partial charge in [-0.1, -0.05) is 0 Å². The third kappa shape index (κ3) is 4.84. The molecular weight excluding hydrogens is 589 g/mol. The van der Waals surface area contributed by atoms with Gasteiger partial charge in [-0.25, -0.2) is 0 Å². The molecule has 0 unspecified atom stereocenters. The Kier molecular flexibility index (Phi) is 7.33. The fraction of sp³-hybridized carbons (Fsp3) is 0.0571. The quantitative estimate of drug-likeness (QED) is 0.115. The van der Waals surface area contributed by atoms with Gasteiger partial charge in [-0.15, -0.1) is 0 Å². The zero-order chi connectivity index (χ0) is 29.2. The van der Waals surface area contributed by atoms with E-state index in [9.17, 15) is 14.9 Å².